The van der Waals surface area contributed by atoms with Crippen molar-refractivity contribution >= 4 is 5.91 Å². The maximum Gasteiger partial charge on any atom is 0.255 e. The third-order valence-electron chi connectivity index (χ3n) is 3.68. The molecule has 1 heterocycles. The summed E-state index contributed by atoms with van der Waals surface area (Å²) >= 11 is 0. The molecule has 0 spiro atoms. The van der Waals surface area contributed by atoms with Gasteiger partial charge in [0.2, 0.25) is 0 Å². The normalized spacial score (nSPS) is 15.7. The Bertz CT molecular complexity index is 419. The van der Waals surface area contributed by atoms with Crippen LogP contribution in [0.2, 0.25) is 0 Å². The van der Waals surface area contributed by atoms with Crippen molar-refractivity contribution in [1.82, 2.24) is 15.1 Å². The minimum atomic E-state index is 0.0339. The van der Waals surface area contributed by atoms with Crippen LogP contribution in [0.3, 0.4) is 0 Å². The fourth-order valence-corrected chi connectivity index (χ4v) is 2.36. The highest BCUT2D eigenvalue weighted by molar-refractivity contribution is 5.96. The molecule has 1 saturated carbocycles. The lowest BCUT2D eigenvalue weighted by Crippen LogP contribution is -2.32. The van der Waals surface area contributed by atoms with Crippen molar-refractivity contribution in [2.75, 3.05) is 6.54 Å². The Balaban J connectivity index is 2.04. The average Bonchev–Trinajstić information content (AvgIpc) is 2.51. The van der Waals surface area contributed by atoms with E-state index >= 15 is 0 Å². The van der Waals surface area contributed by atoms with Crippen LogP contribution in [0.4, 0.5) is 0 Å². The van der Waals surface area contributed by atoms with Crippen LogP contribution in [0, 0.1) is 19.8 Å². The second kappa shape index (κ2) is 4.90. The van der Waals surface area contributed by atoms with E-state index in [9.17, 15) is 4.79 Å². The molecule has 17 heavy (non-hydrogen) atoms. The van der Waals surface area contributed by atoms with E-state index in [-0.39, 0.29) is 5.91 Å². The quantitative estimate of drug-likeness (QED) is 0.868. The summed E-state index contributed by atoms with van der Waals surface area (Å²) in [4.78, 5) is 12.1. The first-order valence-electron chi connectivity index (χ1n) is 6.45. The number of rotatable bonds is 4. The molecule has 2 rings (SSSR count). The van der Waals surface area contributed by atoms with Gasteiger partial charge in [-0.15, -0.1) is 0 Å². The standard InChI is InChI=1S/C13H21N3O/c1-4-16-10(3)12(9(2)15-16)13(17)14-8-11-6-5-7-11/h11H,4-8H2,1-3H3,(H,14,17). The minimum Gasteiger partial charge on any atom is -0.352 e. The van der Waals surface area contributed by atoms with Gasteiger partial charge in [0.1, 0.15) is 0 Å². The van der Waals surface area contributed by atoms with Gasteiger partial charge in [-0.1, -0.05) is 6.42 Å². The van der Waals surface area contributed by atoms with Crippen molar-refractivity contribution in [2.45, 2.75) is 46.6 Å². The third kappa shape index (κ3) is 2.35. The minimum absolute atomic E-state index is 0.0339. The van der Waals surface area contributed by atoms with Crippen molar-refractivity contribution < 1.29 is 4.79 Å². The highest BCUT2D eigenvalue weighted by atomic mass is 16.1. The molecule has 0 unspecified atom stereocenters. The molecule has 0 atom stereocenters. The van der Waals surface area contributed by atoms with Crippen molar-refractivity contribution in [1.29, 1.82) is 0 Å². The van der Waals surface area contributed by atoms with Crippen LogP contribution >= 0.6 is 0 Å². The lowest BCUT2D eigenvalue weighted by Gasteiger charge is -2.25. The molecular weight excluding hydrogens is 214 g/mol. The number of nitrogens with one attached hydrogen (secondary N) is 1. The van der Waals surface area contributed by atoms with Gasteiger partial charge >= 0.3 is 0 Å². The van der Waals surface area contributed by atoms with Gasteiger partial charge in [-0.25, -0.2) is 0 Å². The Labute approximate surface area is 102 Å². The topological polar surface area (TPSA) is 46.9 Å². The highest BCUT2D eigenvalue weighted by Crippen LogP contribution is 2.25. The van der Waals surface area contributed by atoms with Crippen molar-refractivity contribution in [3.63, 3.8) is 0 Å². The van der Waals surface area contributed by atoms with Gasteiger partial charge in [-0.05, 0) is 39.5 Å². The summed E-state index contributed by atoms with van der Waals surface area (Å²) in [6.45, 7) is 7.52. The number of aromatic nitrogens is 2. The lowest BCUT2D eigenvalue weighted by atomic mass is 9.85. The van der Waals surface area contributed by atoms with Gasteiger partial charge in [-0.2, -0.15) is 5.10 Å². The van der Waals surface area contributed by atoms with E-state index in [1.165, 1.54) is 19.3 Å². The zero-order chi connectivity index (χ0) is 12.4. The predicted molar refractivity (Wildman–Crippen MR) is 67.0 cm³/mol. The zero-order valence-corrected chi connectivity index (χ0v) is 10.9. The van der Waals surface area contributed by atoms with E-state index in [1.807, 2.05) is 25.5 Å². The number of hydrogen-bond acceptors (Lipinski definition) is 2. The van der Waals surface area contributed by atoms with Crippen LogP contribution in [0.5, 0.6) is 0 Å². The van der Waals surface area contributed by atoms with E-state index in [4.69, 9.17) is 0 Å². The zero-order valence-electron chi connectivity index (χ0n) is 10.9. The number of hydrogen-bond donors (Lipinski definition) is 1. The van der Waals surface area contributed by atoms with Gasteiger partial charge < -0.3 is 5.32 Å². The van der Waals surface area contributed by atoms with Crippen molar-refractivity contribution in [3.8, 4) is 0 Å². The molecule has 0 bridgehead atoms. The third-order valence-corrected chi connectivity index (χ3v) is 3.68. The molecule has 1 fully saturated rings. The molecule has 94 valence electrons. The van der Waals surface area contributed by atoms with Crippen LogP contribution in [0.25, 0.3) is 0 Å². The molecule has 1 aliphatic carbocycles. The fraction of sp³-hybridized carbons (Fsp3) is 0.692. The Morgan fingerprint density at radius 2 is 2.18 bits per heavy atom. The van der Waals surface area contributed by atoms with Gasteiger partial charge in [-0.3, -0.25) is 9.48 Å². The first-order chi connectivity index (χ1) is 8.13. The number of amides is 1. The lowest BCUT2D eigenvalue weighted by molar-refractivity contribution is 0.0937. The summed E-state index contributed by atoms with van der Waals surface area (Å²) in [5.74, 6) is 0.729. The number of aryl methyl sites for hydroxylation is 2. The summed E-state index contributed by atoms with van der Waals surface area (Å²) in [5, 5.41) is 7.39. The molecule has 0 saturated heterocycles. The summed E-state index contributed by atoms with van der Waals surface area (Å²) in [6.07, 6.45) is 3.82. The monoisotopic (exact) mass is 235 g/mol. The van der Waals surface area contributed by atoms with Gasteiger partial charge in [0.15, 0.2) is 0 Å². The smallest absolute Gasteiger partial charge is 0.255 e. The van der Waals surface area contributed by atoms with Gasteiger partial charge in [0, 0.05) is 18.8 Å². The molecule has 0 radical (unpaired) electrons. The van der Waals surface area contributed by atoms with Crippen LogP contribution in [0.15, 0.2) is 0 Å². The summed E-state index contributed by atoms with van der Waals surface area (Å²) in [5.41, 5.74) is 2.55. The summed E-state index contributed by atoms with van der Waals surface area (Å²) in [6, 6.07) is 0. The van der Waals surface area contributed by atoms with E-state index in [2.05, 4.69) is 10.4 Å². The second-order valence-electron chi connectivity index (χ2n) is 4.87. The molecule has 1 N–H and O–H groups in total. The first kappa shape index (κ1) is 12.1. The van der Waals surface area contributed by atoms with E-state index in [0.717, 1.165) is 30.0 Å². The van der Waals surface area contributed by atoms with Crippen LogP contribution in [-0.4, -0.2) is 22.2 Å². The summed E-state index contributed by atoms with van der Waals surface area (Å²) < 4.78 is 1.88. The SMILES string of the molecule is CCn1nc(C)c(C(=O)NCC2CCC2)c1C. The molecule has 1 aromatic rings. The maximum absolute atomic E-state index is 12.1. The Hall–Kier alpha value is -1.32. The van der Waals surface area contributed by atoms with E-state index < -0.39 is 0 Å². The Kier molecular flexibility index (Phi) is 3.50. The van der Waals surface area contributed by atoms with Gasteiger partial charge in [0.25, 0.3) is 5.91 Å². The van der Waals surface area contributed by atoms with Gasteiger partial charge in [0.05, 0.1) is 11.3 Å². The highest BCUT2D eigenvalue weighted by Gasteiger charge is 2.21. The number of carbonyl (C=O) groups is 1. The Morgan fingerprint density at radius 1 is 1.47 bits per heavy atom. The molecular formula is C13H21N3O. The maximum atomic E-state index is 12.1. The van der Waals surface area contributed by atoms with Crippen LogP contribution in [0.1, 0.15) is 47.9 Å². The Morgan fingerprint density at radius 3 is 2.65 bits per heavy atom. The molecule has 0 aromatic carbocycles. The van der Waals surface area contributed by atoms with Crippen LogP contribution in [-0.2, 0) is 6.54 Å². The summed E-state index contributed by atoms with van der Waals surface area (Å²) in [7, 11) is 0. The largest absolute Gasteiger partial charge is 0.352 e. The first-order valence-corrected chi connectivity index (χ1v) is 6.45. The van der Waals surface area contributed by atoms with Crippen molar-refractivity contribution in [2.24, 2.45) is 5.92 Å². The number of nitrogens with zero attached hydrogens (tertiary/aromatic N) is 2. The fourth-order valence-electron chi connectivity index (χ4n) is 2.36. The molecule has 4 nitrogen and oxygen atoms in total. The average molecular weight is 235 g/mol. The predicted octanol–water partition coefficient (Wildman–Crippen LogP) is 2.05. The molecule has 1 aliphatic rings. The van der Waals surface area contributed by atoms with Crippen molar-refractivity contribution in [3.05, 3.63) is 17.0 Å². The molecule has 1 amide bonds. The number of carbonyl (C=O) groups excluding carboxylic acids is 1. The van der Waals surface area contributed by atoms with E-state index in [1.54, 1.807) is 0 Å². The molecule has 4 heteroatoms. The molecule has 1 aromatic heterocycles. The van der Waals surface area contributed by atoms with Crippen LogP contribution < -0.4 is 5.32 Å². The molecule has 0 aliphatic heterocycles. The van der Waals surface area contributed by atoms with E-state index in [0.29, 0.717) is 5.92 Å². The second-order valence-corrected chi connectivity index (χ2v) is 4.87.